The number of hydrogen-bond donors (Lipinski definition) is 0. The van der Waals surface area contributed by atoms with Crippen LogP contribution in [0.5, 0.6) is 0 Å². The summed E-state index contributed by atoms with van der Waals surface area (Å²) in [6.45, 7) is 0. The molecule has 4 nitrogen and oxygen atoms in total. The van der Waals surface area contributed by atoms with Gasteiger partial charge in [0.2, 0.25) is 0 Å². The smallest absolute Gasteiger partial charge is 0.316 e. The van der Waals surface area contributed by atoms with E-state index in [1.165, 1.54) is 18.9 Å². The predicted octanol–water partition coefficient (Wildman–Crippen LogP) is 3.37. The number of oxazole rings is 1. The molecule has 18 heavy (non-hydrogen) atoms. The Bertz CT molecular complexity index is 539. The topological polar surface area (TPSA) is 52.3 Å². The van der Waals surface area contributed by atoms with Gasteiger partial charge >= 0.3 is 5.97 Å². The summed E-state index contributed by atoms with van der Waals surface area (Å²) in [6.07, 6.45) is 1.64. The molecule has 2 rings (SSSR count). The Kier molecular flexibility index (Phi) is 4.43. The van der Waals surface area contributed by atoms with Crippen molar-refractivity contribution in [2.24, 2.45) is 0 Å². The van der Waals surface area contributed by atoms with Crippen molar-refractivity contribution in [1.82, 2.24) is 4.98 Å². The van der Waals surface area contributed by atoms with E-state index in [-0.39, 0.29) is 11.7 Å². The number of ether oxygens (including phenoxy) is 1. The maximum atomic E-state index is 11.0. The Morgan fingerprint density at radius 1 is 1.44 bits per heavy atom. The van der Waals surface area contributed by atoms with E-state index >= 15 is 0 Å². The summed E-state index contributed by atoms with van der Waals surface area (Å²) in [5.74, 6) is 0.565. The molecule has 6 heteroatoms. The number of carbonyl (C=O) groups excluding carboxylic acids is 1. The molecule has 0 spiro atoms. The number of rotatable bonds is 4. The summed E-state index contributed by atoms with van der Waals surface area (Å²) < 4.78 is 11.1. The normalized spacial score (nSPS) is 10.3. The molecule has 0 unspecified atom stereocenters. The minimum Gasteiger partial charge on any atom is -0.468 e. The molecule has 94 valence electrons. The first kappa shape index (κ1) is 13.2. The van der Waals surface area contributed by atoms with Gasteiger partial charge in [0.05, 0.1) is 13.3 Å². The lowest BCUT2D eigenvalue weighted by molar-refractivity contribution is -0.137. The number of methoxy groups -OCH3 is 1. The van der Waals surface area contributed by atoms with Gasteiger partial charge in [0.25, 0.3) is 5.22 Å². The lowest BCUT2D eigenvalue weighted by Crippen LogP contribution is -2.02. The second-order valence-electron chi connectivity index (χ2n) is 3.36. The van der Waals surface area contributed by atoms with Crippen molar-refractivity contribution in [1.29, 1.82) is 0 Å². The monoisotopic (exact) mass is 327 g/mol. The van der Waals surface area contributed by atoms with Crippen molar-refractivity contribution >= 4 is 33.7 Å². The Balaban J connectivity index is 2.06. The van der Waals surface area contributed by atoms with Crippen molar-refractivity contribution in [3.05, 3.63) is 34.9 Å². The fraction of sp³-hybridized carbons (Fsp3) is 0.167. The second kappa shape index (κ2) is 6.06. The van der Waals surface area contributed by atoms with E-state index < -0.39 is 0 Å². The third-order valence-corrected chi connectivity index (χ3v) is 3.50. The van der Waals surface area contributed by atoms with Crippen LogP contribution in [0.25, 0.3) is 11.3 Å². The van der Waals surface area contributed by atoms with E-state index in [4.69, 9.17) is 4.42 Å². The van der Waals surface area contributed by atoms with Gasteiger partial charge in [0, 0.05) is 10.0 Å². The molecule has 0 aliphatic heterocycles. The van der Waals surface area contributed by atoms with Crippen molar-refractivity contribution in [2.75, 3.05) is 12.9 Å². The summed E-state index contributed by atoms with van der Waals surface area (Å²) in [6, 6.07) is 7.72. The highest BCUT2D eigenvalue weighted by Gasteiger charge is 2.09. The molecule has 0 radical (unpaired) electrons. The van der Waals surface area contributed by atoms with Crippen molar-refractivity contribution in [3.63, 3.8) is 0 Å². The molecule has 2 aromatic rings. The van der Waals surface area contributed by atoms with Crippen LogP contribution in [0.1, 0.15) is 0 Å². The molecule has 0 saturated heterocycles. The first-order valence-electron chi connectivity index (χ1n) is 5.10. The van der Waals surface area contributed by atoms with Crippen LogP contribution in [0.3, 0.4) is 0 Å². The summed E-state index contributed by atoms with van der Waals surface area (Å²) in [7, 11) is 1.35. The van der Waals surface area contributed by atoms with Crippen LogP contribution in [-0.2, 0) is 9.53 Å². The number of thioether (sulfide) groups is 1. The number of benzene rings is 1. The minimum absolute atomic E-state index is 0.191. The molecule has 1 aromatic heterocycles. The zero-order valence-corrected chi connectivity index (χ0v) is 12.0. The van der Waals surface area contributed by atoms with E-state index in [2.05, 4.69) is 25.7 Å². The number of esters is 1. The fourth-order valence-corrected chi connectivity index (χ4v) is 2.15. The van der Waals surface area contributed by atoms with Crippen LogP contribution >= 0.6 is 27.7 Å². The average Bonchev–Trinajstić information content (AvgIpc) is 2.85. The lowest BCUT2D eigenvalue weighted by Gasteiger charge is -1.97. The molecule has 0 aliphatic rings. The Hall–Kier alpha value is -1.27. The molecule has 0 aliphatic carbocycles. The number of nitrogens with zero attached hydrogens (tertiary/aromatic N) is 1. The highest BCUT2D eigenvalue weighted by Crippen LogP contribution is 2.26. The summed E-state index contributed by atoms with van der Waals surface area (Å²) in [5.41, 5.74) is 0.940. The molecule has 0 saturated carbocycles. The molecule has 0 fully saturated rings. The Labute approximate surface area is 117 Å². The molecule has 1 heterocycles. The third-order valence-electron chi connectivity index (χ3n) is 2.15. The molecule has 1 aromatic carbocycles. The zero-order chi connectivity index (χ0) is 13.0. The summed E-state index contributed by atoms with van der Waals surface area (Å²) in [4.78, 5) is 15.1. The number of carbonyl (C=O) groups is 1. The van der Waals surface area contributed by atoms with E-state index in [1.807, 2.05) is 24.3 Å². The van der Waals surface area contributed by atoms with Gasteiger partial charge in [-0.1, -0.05) is 39.8 Å². The number of hydrogen-bond acceptors (Lipinski definition) is 5. The van der Waals surface area contributed by atoms with Crippen LogP contribution in [0.2, 0.25) is 0 Å². The lowest BCUT2D eigenvalue weighted by atomic mass is 10.2. The quantitative estimate of drug-likeness (QED) is 0.636. The van der Waals surface area contributed by atoms with E-state index in [9.17, 15) is 4.79 Å². The Morgan fingerprint density at radius 2 is 2.17 bits per heavy atom. The van der Waals surface area contributed by atoms with Gasteiger partial charge in [-0.3, -0.25) is 4.79 Å². The van der Waals surface area contributed by atoms with Gasteiger partial charge < -0.3 is 9.15 Å². The van der Waals surface area contributed by atoms with E-state index in [1.54, 1.807) is 6.20 Å². The van der Waals surface area contributed by atoms with Crippen molar-refractivity contribution in [2.45, 2.75) is 5.22 Å². The van der Waals surface area contributed by atoms with Gasteiger partial charge in [-0.05, 0) is 12.1 Å². The zero-order valence-electron chi connectivity index (χ0n) is 9.55. The standard InChI is InChI=1S/C12H10BrNO3S/c1-16-11(15)7-18-12-14-6-10(17-12)8-2-4-9(13)5-3-8/h2-6H,7H2,1H3. The SMILES string of the molecule is COC(=O)CSc1ncc(-c2ccc(Br)cc2)o1. The van der Waals surface area contributed by atoms with Crippen LogP contribution in [-0.4, -0.2) is 23.8 Å². The highest BCUT2D eigenvalue weighted by atomic mass is 79.9. The maximum absolute atomic E-state index is 11.0. The highest BCUT2D eigenvalue weighted by molar-refractivity contribution is 9.10. The van der Waals surface area contributed by atoms with E-state index in [0.29, 0.717) is 11.0 Å². The van der Waals surface area contributed by atoms with Gasteiger partial charge in [-0.2, -0.15) is 0 Å². The second-order valence-corrected chi connectivity index (χ2v) is 5.20. The maximum Gasteiger partial charge on any atom is 0.316 e. The average molecular weight is 328 g/mol. The first-order valence-corrected chi connectivity index (χ1v) is 6.88. The van der Waals surface area contributed by atoms with Crippen molar-refractivity contribution < 1.29 is 13.9 Å². The predicted molar refractivity (Wildman–Crippen MR) is 72.4 cm³/mol. The molecule has 0 bridgehead atoms. The molecule has 0 atom stereocenters. The molecular weight excluding hydrogens is 318 g/mol. The largest absolute Gasteiger partial charge is 0.468 e. The Morgan fingerprint density at radius 3 is 2.83 bits per heavy atom. The molecule has 0 amide bonds. The van der Waals surface area contributed by atoms with Gasteiger partial charge in [0.15, 0.2) is 5.76 Å². The van der Waals surface area contributed by atoms with Gasteiger partial charge in [-0.15, -0.1) is 0 Å². The van der Waals surface area contributed by atoms with Crippen LogP contribution in [0.4, 0.5) is 0 Å². The van der Waals surface area contributed by atoms with E-state index in [0.717, 1.165) is 10.0 Å². The van der Waals surface area contributed by atoms with Crippen molar-refractivity contribution in [3.8, 4) is 11.3 Å². The first-order chi connectivity index (χ1) is 8.69. The summed E-state index contributed by atoms with van der Waals surface area (Å²) >= 11 is 4.58. The number of halogens is 1. The van der Waals surface area contributed by atoms with Crippen LogP contribution in [0.15, 0.2) is 44.6 Å². The minimum atomic E-state index is -0.302. The van der Waals surface area contributed by atoms with Crippen LogP contribution in [0, 0.1) is 0 Å². The van der Waals surface area contributed by atoms with Gasteiger partial charge in [-0.25, -0.2) is 4.98 Å². The molecular formula is C12H10BrNO3S. The summed E-state index contributed by atoms with van der Waals surface area (Å²) in [5, 5.41) is 0.457. The molecule has 0 N–H and O–H groups in total. The third kappa shape index (κ3) is 3.36. The van der Waals surface area contributed by atoms with Crippen LogP contribution < -0.4 is 0 Å². The number of aromatic nitrogens is 1. The van der Waals surface area contributed by atoms with Gasteiger partial charge in [0.1, 0.15) is 5.75 Å². The fourth-order valence-electron chi connectivity index (χ4n) is 1.25.